The molecule has 1 aliphatic heterocycles. The lowest BCUT2D eigenvalue weighted by molar-refractivity contribution is -0.117. The van der Waals surface area contributed by atoms with Gasteiger partial charge >= 0.3 is 0 Å². The molecule has 2 rings (SSSR count). The number of carbonyl (C=O) groups excluding carboxylic acids is 1. The molecule has 1 saturated heterocycles. The number of nitrogens with one attached hydrogen (secondary N) is 2. The van der Waals surface area contributed by atoms with Crippen molar-refractivity contribution in [2.75, 3.05) is 11.9 Å². The van der Waals surface area contributed by atoms with Crippen LogP contribution in [0.2, 0.25) is 0 Å². The van der Waals surface area contributed by atoms with Crippen molar-refractivity contribution in [3.05, 3.63) is 24.0 Å². The van der Waals surface area contributed by atoms with Gasteiger partial charge in [0, 0.05) is 6.07 Å². The van der Waals surface area contributed by atoms with Crippen molar-refractivity contribution in [2.24, 2.45) is 0 Å². The third kappa shape index (κ3) is 3.31. The van der Waals surface area contributed by atoms with Crippen LogP contribution in [0.5, 0.6) is 5.75 Å². The normalized spacial score (nSPS) is 18.5. The first-order chi connectivity index (χ1) is 7.66. The average Bonchev–Trinajstić information content (AvgIpc) is 2.76. The molecule has 0 aliphatic carbocycles. The van der Waals surface area contributed by atoms with Crippen LogP contribution in [0.4, 0.5) is 10.1 Å². The first-order valence-corrected chi connectivity index (χ1v) is 5.19. The third-order valence-electron chi connectivity index (χ3n) is 2.59. The number of phenolic OH excluding ortho intramolecular Hbond substituents is 1. The van der Waals surface area contributed by atoms with Gasteiger partial charge in [0.2, 0.25) is 5.91 Å². The van der Waals surface area contributed by atoms with Crippen molar-refractivity contribution in [1.82, 2.24) is 5.32 Å². The molecule has 0 aromatic heterocycles. The molecule has 1 atom stereocenters. The molecule has 0 bridgehead atoms. The number of anilines is 1. The van der Waals surface area contributed by atoms with E-state index >= 15 is 0 Å². The lowest BCUT2D eigenvalue weighted by atomic mass is 10.2. The van der Waals surface area contributed by atoms with Crippen LogP contribution >= 0.6 is 12.4 Å². The number of benzene rings is 1. The number of amides is 1. The van der Waals surface area contributed by atoms with Gasteiger partial charge in [-0.25, -0.2) is 4.39 Å². The molecule has 1 heterocycles. The predicted molar refractivity (Wildman–Crippen MR) is 65.0 cm³/mol. The summed E-state index contributed by atoms with van der Waals surface area (Å²) in [6, 6.07) is 3.20. The molecule has 94 valence electrons. The molecule has 0 spiro atoms. The molecule has 3 N–H and O–H groups in total. The zero-order valence-corrected chi connectivity index (χ0v) is 9.89. The van der Waals surface area contributed by atoms with Gasteiger partial charge in [0.25, 0.3) is 0 Å². The summed E-state index contributed by atoms with van der Waals surface area (Å²) in [6.07, 6.45) is 1.72. The topological polar surface area (TPSA) is 61.4 Å². The number of hydrogen-bond acceptors (Lipinski definition) is 3. The van der Waals surface area contributed by atoms with Gasteiger partial charge in [-0.2, -0.15) is 0 Å². The average molecular weight is 261 g/mol. The van der Waals surface area contributed by atoms with E-state index in [0.717, 1.165) is 31.5 Å². The summed E-state index contributed by atoms with van der Waals surface area (Å²) >= 11 is 0. The Bertz CT molecular complexity index is 408. The van der Waals surface area contributed by atoms with Crippen molar-refractivity contribution in [2.45, 2.75) is 18.9 Å². The van der Waals surface area contributed by atoms with Crippen molar-refractivity contribution in [1.29, 1.82) is 0 Å². The minimum Gasteiger partial charge on any atom is -0.506 e. The van der Waals surface area contributed by atoms with Crippen LogP contribution in [0.15, 0.2) is 18.2 Å². The number of aromatic hydroxyl groups is 1. The van der Waals surface area contributed by atoms with Crippen LogP contribution in [0.3, 0.4) is 0 Å². The molecule has 0 radical (unpaired) electrons. The maximum Gasteiger partial charge on any atom is 0.241 e. The number of hydrogen-bond donors (Lipinski definition) is 3. The molecule has 1 aromatic carbocycles. The van der Waals surface area contributed by atoms with Gasteiger partial charge in [0.1, 0.15) is 11.6 Å². The summed E-state index contributed by atoms with van der Waals surface area (Å²) in [5.74, 6) is -0.862. The van der Waals surface area contributed by atoms with E-state index in [0.29, 0.717) is 0 Å². The Hall–Kier alpha value is -1.33. The second-order valence-corrected chi connectivity index (χ2v) is 3.80. The summed E-state index contributed by atoms with van der Waals surface area (Å²) in [4.78, 5) is 11.7. The van der Waals surface area contributed by atoms with E-state index in [1.165, 1.54) is 6.07 Å². The van der Waals surface area contributed by atoms with E-state index < -0.39 is 5.82 Å². The summed E-state index contributed by atoms with van der Waals surface area (Å²) in [5.41, 5.74) is 0.110. The number of rotatable bonds is 2. The highest BCUT2D eigenvalue weighted by Crippen LogP contribution is 2.24. The molecule has 17 heavy (non-hydrogen) atoms. The van der Waals surface area contributed by atoms with E-state index in [9.17, 15) is 14.3 Å². The van der Waals surface area contributed by atoms with Crippen molar-refractivity contribution < 1.29 is 14.3 Å². The van der Waals surface area contributed by atoms with Crippen LogP contribution in [-0.4, -0.2) is 23.6 Å². The summed E-state index contributed by atoms with van der Waals surface area (Å²) in [7, 11) is 0. The Kier molecular flexibility index (Phi) is 4.72. The lowest BCUT2D eigenvalue weighted by Crippen LogP contribution is -2.35. The molecular formula is C11H14ClFN2O2. The Labute approximate surface area is 105 Å². The Balaban J connectivity index is 0.00000144. The standard InChI is InChI=1S/C11H13FN2O2.ClH/c12-7-3-4-10(15)9(6-7)14-11(16)8-2-1-5-13-8;/h3-4,6,8,13,15H,1-2,5H2,(H,14,16);1H/t8-;/m0./s1. The fourth-order valence-corrected chi connectivity index (χ4v) is 1.74. The monoisotopic (exact) mass is 260 g/mol. The fraction of sp³-hybridized carbons (Fsp3) is 0.364. The van der Waals surface area contributed by atoms with Crippen molar-refractivity contribution >= 4 is 24.0 Å². The van der Waals surface area contributed by atoms with E-state index in [1.54, 1.807) is 0 Å². The van der Waals surface area contributed by atoms with E-state index in [4.69, 9.17) is 0 Å². The molecule has 1 aromatic rings. The first-order valence-electron chi connectivity index (χ1n) is 5.19. The zero-order valence-electron chi connectivity index (χ0n) is 9.07. The second kappa shape index (κ2) is 5.84. The highest BCUT2D eigenvalue weighted by Gasteiger charge is 2.22. The summed E-state index contributed by atoms with van der Waals surface area (Å²) in [6.45, 7) is 0.813. The van der Waals surface area contributed by atoms with Gasteiger partial charge in [-0.1, -0.05) is 0 Å². The molecule has 1 aliphatic rings. The molecule has 0 unspecified atom stereocenters. The minimum atomic E-state index is -0.493. The largest absolute Gasteiger partial charge is 0.506 e. The highest BCUT2D eigenvalue weighted by molar-refractivity contribution is 5.96. The maximum absolute atomic E-state index is 12.9. The van der Waals surface area contributed by atoms with Gasteiger partial charge in [-0.3, -0.25) is 4.79 Å². The summed E-state index contributed by atoms with van der Waals surface area (Å²) < 4.78 is 12.9. The number of carbonyl (C=O) groups is 1. The van der Waals surface area contributed by atoms with Gasteiger partial charge in [0.15, 0.2) is 0 Å². The predicted octanol–water partition coefficient (Wildman–Crippen LogP) is 1.64. The van der Waals surface area contributed by atoms with Crippen molar-refractivity contribution in [3.8, 4) is 5.75 Å². The van der Waals surface area contributed by atoms with Crippen LogP contribution < -0.4 is 10.6 Å². The smallest absolute Gasteiger partial charge is 0.241 e. The quantitative estimate of drug-likeness (QED) is 0.709. The van der Waals surface area contributed by atoms with Gasteiger partial charge in [0.05, 0.1) is 11.7 Å². The lowest BCUT2D eigenvalue weighted by Gasteiger charge is -2.12. The molecule has 1 fully saturated rings. The molecule has 6 heteroatoms. The Morgan fingerprint density at radius 2 is 2.29 bits per heavy atom. The third-order valence-corrected chi connectivity index (χ3v) is 2.59. The van der Waals surface area contributed by atoms with E-state index in [-0.39, 0.29) is 35.8 Å². The molecule has 4 nitrogen and oxygen atoms in total. The Morgan fingerprint density at radius 1 is 1.53 bits per heavy atom. The number of halogens is 2. The fourth-order valence-electron chi connectivity index (χ4n) is 1.74. The summed E-state index contributed by atoms with van der Waals surface area (Å²) in [5, 5.41) is 14.9. The minimum absolute atomic E-state index is 0. The van der Waals surface area contributed by atoms with Gasteiger partial charge in [-0.05, 0) is 31.5 Å². The van der Waals surface area contributed by atoms with Crippen LogP contribution in [0.25, 0.3) is 0 Å². The highest BCUT2D eigenvalue weighted by atomic mass is 35.5. The van der Waals surface area contributed by atoms with Crippen LogP contribution in [0.1, 0.15) is 12.8 Å². The Morgan fingerprint density at radius 3 is 2.94 bits per heavy atom. The second-order valence-electron chi connectivity index (χ2n) is 3.80. The van der Waals surface area contributed by atoms with Crippen LogP contribution in [-0.2, 0) is 4.79 Å². The van der Waals surface area contributed by atoms with Gasteiger partial charge in [-0.15, -0.1) is 12.4 Å². The number of phenols is 1. The SMILES string of the molecule is Cl.O=C(Nc1cc(F)ccc1O)[C@@H]1CCCN1. The van der Waals surface area contributed by atoms with Crippen LogP contribution in [0, 0.1) is 5.82 Å². The first kappa shape index (κ1) is 13.7. The van der Waals surface area contributed by atoms with E-state index in [1.807, 2.05) is 0 Å². The van der Waals surface area contributed by atoms with E-state index in [2.05, 4.69) is 10.6 Å². The maximum atomic E-state index is 12.9. The molecule has 1 amide bonds. The van der Waals surface area contributed by atoms with Gasteiger partial charge < -0.3 is 15.7 Å². The molecular weight excluding hydrogens is 247 g/mol. The molecule has 0 saturated carbocycles. The van der Waals surface area contributed by atoms with Crippen molar-refractivity contribution in [3.63, 3.8) is 0 Å². The zero-order chi connectivity index (χ0) is 11.5.